The molecule has 8 aromatic rings. The molecule has 0 fully saturated rings. The van der Waals surface area contributed by atoms with Gasteiger partial charge in [0.05, 0.1) is 17.7 Å². The van der Waals surface area contributed by atoms with E-state index >= 15 is 0 Å². The summed E-state index contributed by atoms with van der Waals surface area (Å²) in [5.74, 6) is 3.34. The molecule has 0 saturated heterocycles. The minimum Gasteiger partial charge on any atom is -0.457 e. The molecule has 5 nitrogen and oxygen atoms in total. The van der Waals surface area contributed by atoms with Crippen LogP contribution in [0.5, 0.6) is 11.5 Å². The summed E-state index contributed by atoms with van der Waals surface area (Å²) in [6.45, 7) is 9.85. The predicted octanol–water partition coefficient (Wildman–Crippen LogP) is 12.3. The van der Waals surface area contributed by atoms with E-state index in [0.29, 0.717) is 11.8 Å². The molecule has 9 rings (SSSR count). The van der Waals surface area contributed by atoms with Crippen molar-refractivity contribution in [3.05, 3.63) is 145 Å². The quantitative estimate of drug-likeness (QED) is 0.169. The fourth-order valence-electron chi connectivity index (χ4n) is 7.52. The molecule has 0 atom stereocenters. The fraction of sp³-hybridized carbons (Fsp3) is 0.159. The number of para-hydroxylation sites is 1. The van der Waals surface area contributed by atoms with Crippen LogP contribution in [0.3, 0.4) is 0 Å². The van der Waals surface area contributed by atoms with E-state index in [1.165, 1.54) is 53.3 Å². The Balaban J connectivity index is 1.09. The highest BCUT2D eigenvalue weighted by Gasteiger charge is 2.24. The second-order valence-corrected chi connectivity index (χ2v) is 14.8. The maximum atomic E-state index is 6.63. The number of ether oxygens (including phenoxy) is 1. The number of fused-ring (bicyclic) bond motifs is 7. The van der Waals surface area contributed by atoms with Gasteiger partial charge in [0.1, 0.15) is 17.3 Å². The van der Waals surface area contributed by atoms with Crippen LogP contribution < -0.4 is 14.5 Å². The molecule has 0 spiro atoms. The molecule has 6 heteroatoms. The van der Waals surface area contributed by atoms with Crippen LogP contribution in [-0.4, -0.2) is 16.2 Å². The first-order valence-electron chi connectivity index (χ1n) is 17.4. The predicted molar refractivity (Wildman–Crippen MR) is 212 cm³/mol. The highest BCUT2D eigenvalue weighted by atomic mass is 32.1. The minimum atomic E-state index is 0.437. The molecule has 3 aromatic heterocycles. The van der Waals surface area contributed by atoms with Gasteiger partial charge in [0.25, 0.3) is 0 Å². The van der Waals surface area contributed by atoms with Crippen LogP contribution in [0.15, 0.2) is 134 Å². The summed E-state index contributed by atoms with van der Waals surface area (Å²) in [5, 5.41) is 4.92. The van der Waals surface area contributed by atoms with Gasteiger partial charge in [-0.2, -0.15) is 0 Å². The second kappa shape index (κ2) is 12.1. The number of benzene rings is 5. The van der Waals surface area contributed by atoms with E-state index < -0.39 is 0 Å². The van der Waals surface area contributed by atoms with Crippen molar-refractivity contribution in [3.63, 3.8) is 0 Å². The van der Waals surface area contributed by atoms with Crippen LogP contribution in [0.1, 0.15) is 50.7 Å². The zero-order chi connectivity index (χ0) is 33.9. The van der Waals surface area contributed by atoms with E-state index in [-0.39, 0.29) is 0 Å². The molecule has 0 amide bonds. The van der Waals surface area contributed by atoms with Gasteiger partial charge in [-0.25, -0.2) is 4.98 Å². The maximum Gasteiger partial charge on any atom is 0.137 e. The van der Waals surface area contributed by atoms with Gasteiger partial charge in [-0.3, -0.25) is 4.57 Å². The van der Waals surface area contributed by atoms with Crippen molar-refractivity contribution in [2.45, 2.75) is 39.5 Å². The van der Waals surface area contributed by atoms with E-state index in [1.807, 2.05) is 29.7 Å². The Kier molecular flexibility index (Phi) is 7.36. The third-order valence-electron chi connectivity index (χ3n) is 9.86. The average Bonchev–Trinajstić information content (AvgIpc) is 3.86. The molecule has 1 aliphatic rings. The van der Waals surface area contributed by atoms with Crippen molar-refractivity contribution in [2.75, 3.05) is 16.5 Å². The standard InChI is InChI=1S/C44H38N4OS/c1-28(2)33-14-10-15-34(29(3)4)43(33)47-24-23-46(27-47)30-11-9-12-31(25-30)49-32-18-19-35-36-20-21-40-42(37-13-5-6-16-39(37)50-40)44(36)48(38(35)26-32)41-17-7-8-22-45-41/h5-26,28-29H,27H2,1-4H3. The maximum absolute atomic E-state index is 6.63. The van der Waals surface area contributed by atoms with Crippen molar-refractivity contribution in [1.29, 1.82) is 0 Å². The lowest BCUT2D eigenvalue weighted by molar-refractivity contribution is 0.483. The molecule has 1 aliphatic heterocycles. The van der Waals surface area contributed by atoms with Crippen molar-refractivity contribution in [1.82, 2.24) is 9.55 Å². The number of aromatic nitrogens is 2. The van der Waals surface area contributed by atoms with Crippen molar-refractivity contribution in [2.24, 2.45) is 0 Å². The van der Waals surface area contributed by atoms with Gasteiger partial charge in [-0.1, -0.05) is 82.3 Å². The van der Waals surface area contributed by atoms with E-state index in [1.54, 1.807) is 0 Å². The van der Waals surface area contributed by atoms with Gasteiger partial charge in [-0.15, -0.1) is 11.3 Å². The Bertz CT molecular complexity index is 2550. The van der Waals surface area contributed by atoms with Crippen LogP contribution in [0.2, 0.25) is 0 Å². The summed E-state index contributed by atoms with van der Waals surface area (Å²) in [7, 11) is 0. The number of anilines is 2. The molecule has 0 unspecified atom stereocenters. The van der Waals surface area contributed by atoms with Gasteiger partial charge in [0.2, 0.25) is 0 Å². The third kappa shape index (κ3) is 5.02. The first kappa shape index (κ1) is 30.5. The number of nitrogens with zero attached hydrogens (tertiary/aromatic N) is 4. The first-order chi connectivity index (χ1) is 24.4. The SMILES string of the molecule is CC(C)c1cccc(C(C)C)c1N1C=CN(c2cccc(Oc3ccc4c5ccc6sc7ccccc7c6c5n(-c5ccccn5)c4c3)c2)C1. The molecular formula is C44H38N4OS. The van der Waals surface area contributed by atoms with E-state index in [0.717, 1.165) is 35.2 Å². The Morgan fingerprint density at radius 2 is 1.38 bits per heavy atom. The molecular weight excluding hydrogens is 633 g/mol. The molecule has 4 heterocycles. The third-order valence-corrected chi connectivity index (χ3v) is 11.0. The normalized spacial score (nSPS) is 13.3. The van der Waals surface area contributed by atoms with Crippen LogP contribution in [0.25, 0.3) is 47.8 Å². The second-order valence-electron chi connectivity index (χ2n) is 13.7. The highest BCUT2D eigenvalue weighted by Crippen LogP contribution is 2.44. The van der Waals surface area contributed by atoms with Crippen LogP contribution in [-0.2, 0) is 0 Å². The number of thiophene rings is 1. The van der Waals surface area contributed by atoms with E-state index in [9.17, 15) is 0 Å². The molecule has 5 aromatic carbocycles. The van der Waals surface area contributed by atoms with Crippen molar-refractivity contribution < 1.29 is 4.74 Å². The summed E-state index contributed by atoms with van der Waals surface area (Å²) < 4.78 is 11.5. The van der Waals surface area contributed by atoms with E-state index in [4.69, 9.17) is 9.72 Å². The van der Waals surface area contributed by atoms with Gasteiger partial charge < -0.3 is 14.5 Å². The number of rotatable bonds is 7. The van der Waals surface area contributed by atoms with Crippen molar-refractivity contribution >= 4 is 64.7 Å². The molecule has 50 heavy (non-hydrogen) atoms. The van der Waals surface area contributed by atoms with Crippen LogP contribution in [0.4, 0.5) is 11.4 Å². The molecule has 0 N–H and O–H groups in total. The first-order valence-corrected chi connectivity index (χ1v) is 18.2. The lowest BCUT2D eigenvalue weighted by Crippen LogP contribution is -2.26. The monoisotopic (exact) mass is 670 g/mol. The Labute approximate surface area is 296 Å². The summed E-state index contributed by atoms with van der Waals surface area (Å²) >= 11 is 1.84. The summed E-state index contributed by atoms with van der Waals surface area (Å²) in [6.07, 6.45) is 6.24. The zero-order valence-corrected chi connectivity index (χ0v) is 29.5. The molecule has 0 bridgehead atoms. The summed E-state index contributed by atoms with van der Waals surface area (Å²) in [4.78, 5) is 9.50. The Morgan fingerprint density at radius 3 is 2.18 bits per heavy atom. The van der Waals surface area contributed by atoms with Crippen LogP contribution >= 0.6 is 11.3 Å². The van der Waals surface area contributed by atoms with Gasteiger partial charge in [-0.05, 0) is 71.5 Å². The number of pyridine rings is 1. The van der Waals surface area contributed by atoms with Crippen molar-refractivity contribution in [3.8, 4) is 17.3 Å². The topological polar surface area (TPSA) is 33.5 Å². The number of hydrogen-bond acceptors (Lipinski definition) is 5. The molecule has 0 saturated carbocycles. The summed E-state index contributed by atoms with van der Waals surface area (Å²) in [6, 6.07) is 40.9. The smallest absolute Gasteiger partial charge is 0.137 e. The van der Waals surface area contributed by atoms with Crippen LogP contribution in [0, 0.1) is 0 Å². The molecule has 0 radical (unpaired) electrons. The van der Waals surface area contributed by atoms with Gasteiger partial charge in [0.15, 0.2) is 0 Å². The lowest BCUT2D eigenvalue weighted by Gasteiger charge is -2.28. The van der Waals surface area contributed by atoms with Gasteiger partial charge >= 0.3 is 0 Å². The van der Waals surface area contributed by atoms with Gasteiger partial charge in [0, 0.05) is 73.0 Å². The average molecular weight is 671 g/mol. The Morgan fingerprint density at radius 1 is 0.640 bits per heavy atom. The fourth-order valence-corrected chi connectivity index (χ4v) is 8.63. The Hall–Kier alpha value is -5.59. The molecule has 246 valence electrons. The number of hydrogen-bond donors (Lipinski definition) is 0. The summed E-state index contributed by atoms with van der Waals surface area (Å²) in [5.41, 5.74) is 7.42. The molecule has 0 aliphatic carbocycles. The highest BCUT2D eigenvalue weighted by molar-refractivity contribution is 7.26. The minimum absolute atomic E-state index is 0.437. The lowest BCUT2D eigenvalue weighted by atomic mass is 9.92. The van der Waals surface area contributed by atoms with E-state index in [2.05, 4.69) is 158 Å². The largest absolute Gasteiger partial charge is 0.457 e. The zero-order valence-electron chi connectivity index (χ0n) is 28.7.